The van der Waals surface area contributed by atoms with Crippen LogP contribution in [0, 0.1) is 0 Å². The van der Waals surface area contributed by atoms with Gasteiger partial charge in [0.2, 0.25) is 5.91 Å². The molecule has 2 atom stereocenters. The summed E-state index contributed by atoms with van der Waals surface area (Å²) in [4.78, 5) is 28.5. The molecule has 0 radical (unpaired) electrons. The number of rotatable bonds is 2. The third-order valence-electron chi connectivity index (χ3n) is 5.05. The molecule has 0 aromatic carbocycles. The molecule has 7 heteroatoms. The molecule has 0 bridgehead atoms. The zero-order chi connectivity index (χ0) is 15.0. The predicted molar refractivity (Wildman–Crippen MR) is 79.0 cm³/mol. The molecule has 1 spiro atoms. The number of likely N-dealkylation sites (N-methyl/N-ethyl adjacent to an activating group) is 1. The summed E-state index contributed by atoms with van der Waals surface area (Å²) >= 11 is 1.19. The van der Waals surface area contributed by atoms with Crippen LogP contribution in [0.5, 0.6) is 0 Å². The van der Waals surface area contributed by atoms with Gasteiger partial charge < -0.3 is 9.80 Å². The second-order valence-corrected chi connectivity index (χ2v) is 6.48. The molecule has 0 N–H and O–H groups in total. The molecule has 2 fully saturated rings. The summed E-state index contributed by atoms with van der Waals surface area (Å²) in [6.45, 7) is 2.83. The van der Waals surface area contributed by atoms with E-state index in [1.807, 2.05) is 16.8 Å². The topological polar surface area (TPSA) is 66.4 Å². The maximum Gasteiger partial charge on any atom is 0.275 e. The van der Waals surface area contributed by atoms with E-state index in [-0.39, 0.29) is 23.4 Å². The molecule has 0 aliphatic carbocycles. The Morgan fingerprint density at radius 2 is 2.33 bits per heavy atom. The molecule has 3 heterocycles. The van der Waals surface area contributed by atoms with Crippen molar-refractivity contribution >= 4 is 23.3 Å². The monoisotopic (exact) mass is 308 g/mol. The minimum Gasteiger partial charge on any atom is -0.338 e. The number of hydrogen-bond donors (Lipinski definition) is 0. The summed E-state index contributed by atoms with van der Waals surface area (Å²) in [6.07, 6.45) is 4.19. The van der Waals surface area contributed by atoms with E-state index in [1.54, 1.807) is 5.38 Å². The van der Waals surface area contributed by atoms with Gasteiger partial charge in [-0.15, -0.1) is 5.10 Å². The number of amides is 2. The normalized spacial score (nSPS) is 29.4. The summed E-state index contributed by atoms with van der Waals surface area (Å²) in [7, 11) is 1.89. The zero-order valence-corrected chi connectivity index (χ0v) is 13.2. The van der Waals surface area contributed by atoms with Crippen LogP contribution in [-0.4, -0.2) is 56.4 Å². The van der Waals surface area contributed by atoms with E-state index in [4.69, 9.17) is 0 Å². The van der Waals surface area contributed by atoms with E-state index in [9.17, 15) is 9.59 Å². The summed E-state index contributed by atoms with van der Waals surface area (Å²) < 4.78 is 3.78. The molecule has 0 saturated carbocycles. The molecule has 21 heavy (non-hydrogen) atoms. The molecule has 2 aliphatic rings. The first kappa shape index (κ1) is 14.4. The van der Waals surface area contributed by atoms with Crippen LogP contribution in [0.25, 0.3) is 0 Å². The predicted octanol–water partition coefficient (Wildman–Crippen LogP) is 1.54. The highest BCUT2D eigenvalue weighted by molar-refractivity contribution is 7.03. The molecular weight excluding hydrogens is 288 g/mol. The van der Waals surface area contributed by atoms with Crippen LogP contribution in [0.4, 0.5) is 0 Å². The van der Waals surface area contributed by atoms with Crippen molar-refractivity contribution in [3.05, 3.63) is 11.1 Å². The standard InChI is InChI=1S/C14H20N4O2S/c1-3-11-14(7-5-12(19)17(14)2)6-4-8-18(11)13(20)10-9-21-16-15-10/h9,11H,3-8H2,1-2H3/t11-,14+/m1/s1. The first-order chi connectivity index (χ1) is 10.1. The van der Waals surface area contributed by atoms with Crippen LogP contribution in [0.15, 0.2) is 5.38 Å². The van der Waals surface area contributed by atoms with E-state index < -0.39 is 0 Å². The van der Waals surface area contributed by atoms with Crippen molar-refractivity contribution < 1.29 is 9.59 Å². The summed E-state index contributed by atoms with van der Waals surface area (Å²) in [5.41, 5.74) is 0.228. The Bertz CT molecular complexity index is 547. The fourth-order valence-corrected chi connectivity index (χ4v) is 4.44. The average molecular weight is 308 g/mol. The van der Waals surface area contributed by atoms with E-state index in [0.717, 1.165) is 32.2 Å². The Labute approximate surface area is 128 Å². The minimum atomic E-state index is -0.191. The molecule has 2 saturated heterocycles. The van der Waals surface area contributed by atoms with Crippen LogP contribution < -0.4 is 0 Å². The van der Waals surface area contributed by atoms with Crippen molar-refractivity contribution in [1.82, 2.24) is 19.4 Å². The van der Waals surface area contributed by atoms with Crippen LogP contribution in [0.1, 0.15) is 49.5 Å². The third-order valence-corrected chi connectivity index (χ3v) is 5.55. The molecule has 3 rings (SSSR count). The molecule has 1 aromatic heterocycles. The molecule has 0 unspecified atom stereocenters. The SMILES string of the molecule is CC[C@H]1N(C(=O)c2csnn2)CCC[C@]12CCC(=O)N2C. The van der Waals surface area contributed by atoms with Crippen molar-refractivity contribution in [3.63, 3.8) is 0 Å². The largest absolute Gasteiger partial charge is 0.338 e. The van der Waals surface area contributed by atoms with Gasteiger partial charge in [0.25, 0.3) is 5.91 Å². The number of nitrogens with zero attached hydrogens (tertiary/aromatic N) is 4. The van der Waals surface area contributed by atoms with Crippen LogP contribution in [-0.2, 0) is 4.79 Å². The lowest BCUT2D eigenvalue weighted by Crippen LogP contribution is -2.63. The van der Waals surface area contributed by atoms with Crippen molar-refractivity contribution in [3.8, 4) is 0 Å². The Hall–Kier alpha value is -1.50. The Morgan fingerprint density at radius 3 is 2.90 bits per heavy atom. The maximum atomic E-state index is 12.7. The van der Waals surface area contributed by atoms with Gasteiger partial charge in [-0.1, -0.05) is 11.4 Å². The van der Waals surface area contributed by atoms with Gasteiger partial charge in [0, 0.05) is 25.4 Å². The van der Waals surface area contributed by atoms with Gasteiger partial charge in [-0.2, -0.15) is 0 Å². The first-order valence-corrected chi connectivity index (χ1v) is 8.28. The number of carbonyl (C=O) groups is 2. The van der Waals surface area contributed by atoms with Crippen molar-refractivity contribution in [2.75, 3.05) is 13.6 Å². The molecular formula is C14H20N4O2S. The lowest BCUT2D eigenvalue weighted by atomic mass is 9.77. The maximum absolute atomic E-state index is 12.7. The fourth-order valence-electron chi connectivity index (χ4n) is 4.01. The number of carbonyl (C=O) groups excluding carboxylic acids is 2. The molecule has 6 nitrogen and oxygen atoms in total. The Kier molecular flexibility index (Phi) is 3.69. The smallest absolute Gasteiger partial charge is 0.275 e. The van der Waals surface area contributed by atoms with Gasteiger partial charge >= 0.3 is 0 Å². The van der Waals surface area contributed by atoms with Gasteiger partial charge in [0.15, 0.2) is 5.69 Å². The van der Waals surface area contributed by atoms with Gasteiger partial charge in [-0.3, -0.25) is 9.59 Å². The van der Waals surface area contributed by atoms with E-state index in [0.29, 0.717) is 12.1 Å². The number of aromatic nitrogens is 2. The molecule has 2 amide bonds. The average Bonchev–Trinajstić information content (AvgIpc) is 3.12. The quantitative estimate of drug-likeness (QED) is 0.831. The van der Waals surface area contributed by atoms with Crippen LogP contribution in [0.3, 0.4) is 0 Å². The number of likely N-dealkylation sites (tertiary alicyclic amines) is 2. The summed E-state index contributed by atoms with van der Waals surface area (Å²) in [5, 5.41) is 5.60. The summed E-state index contributed by atoms with van der Waals surface area (Å²) in [5.74, 6) is 0.139. The highest BCUT2D eigenvalue weighted by Gasteiger charge is 2.52. The number of hydrogen-bond acceptors (Lipinski definition) is 5. The van der Waals surface area contributed by atoms with Gasteiger partial charge in [0.05, 0.1) is 11.6 Å². The highest BCUT2D eigenvalue weighted by Crippen LogP contribution is 2.42. The third kappa shape index (κ3) is 2.14. The van der Waals surface area contributed by atoms with Gasteiger partial charge in [-0.25, -0.2) is 0 Å². The van der Waals surface area contributed by atoms with E-state index in [1.165, 1.54) is 11.5 Å². The molecule has 114 valence electrons. The minimum absolute atomic E-state index is 0.0533. The van der Waals surface area contributed by atoms with Gasteiger partial charge in [-0.05, 0) is 37.2 Å². The lowest BCUT2D eigenvalue weighted by molar-refractivity contribution is -0.132. The number of piperidine rings is 1. The fraction of sp³-hybridized carbons (Fsp3) is 0.714. The highest BCUT2D eigenvalue weighted by atomic mass is 32.1. The Morgan fingerprint density at radius 1 is 1.52 bits per heavy atom. The van der Waals surface area contributed by atoms with E-state index in [2.05, 4.69) is 16.5 Å². The van der Waals surface area contributed by atoms with Crippen molar-refractivity contribution in [2.45, 2.75) is 50.6 Å². The van der Waals surface area contributed by atoms with Crippen molar-refractivity contribution in [2.24, 2.45) is 0 Å². The van der Waals surface area contributed by atoms with Gasteiger partial charge in [0.1, 0.15) is 0 Å². The van der Waals surface area contributed by atoms with E-state index >= 15 is 0 Å². The second-order valence-electron chi connectivity index (χ2n) is 5.87. The summed E-state index contributed by atoms with van der Waals surface area (Å²) in [6, 6.07) is 0.0666. The first-order valence-electron chi connectivity index (χ1n) is 7.45. The van der Waals surface area contributed by atoms with Crippen molar-refractivity contribution in [1.29, 1.82) is 0 Å². The zero-order valence-electron chi connectivity index (χ0n) is 12.4. The second kappa shape index (κ2) is 5.36. The molecule has 1 aromatic rings. The Balaban J connectivity index is 1.92. The van der Waals surface area contributed by atoms with Crippen LogP contribution >= 0.6 is 11.5 Å². The molecule has 2 aliphatic heterocycles. The lowest BCUT2D eigenvalue weighted by Gasteiger charge is -2.51. The van der Waals surface area contributed by atoms with Crippen LogP contribution in [0.2, 0.25) is 0 Å².